The molecule has 1 saturated heterocycles. The van der Waals surface area contributed by atoms with Crippen LogP contribution in [0.2, 0.25) is 0 Å². The summed E-state index contributed by atoms with van der Waals surface area (Å²) in [5.41, 5.74) is 2.47. The molecule has 0 radical (unpaired) electrons. The van der Waals surface area contributed by atoms with Crippen LogP contribution >= 0.6 is 0 Å². The fourth-order valence-corrected chi connectivity index (χ4v) is 4.31. The van der Waals surface area contributed by atoms with Crippen LogP contribution in [0.3, 0.4) is 0 Å². The Labute approximate surface area is 210 Å². The lowest BCUT2D eigenvalue weighted by molar-refractivity contribution is 0.0853. The molecule has 10 heteroatoms. The van der Waals surface area contributed by atoms with Crippen molar-refractivity contribution in [2.45, 2.75) is 25.0 Å². The fourth-order valence-electron chi connectivity index (χ4n) is 4.31. The van der Waals surface area contributed by atoms with Crippen molar-refractivity contribution in [1.29, 1.82) is 0 Å². The van der Waals surface area contributed by atoms with E-state index in [0.29, 0.717) is 29.9 Å². The summed E-state index contributed by atoms with van der Waals surface area (Å²) in [6.45, 7) is 2.15. The minimum atomic E-state index is -0.594. The summed E-state index contributed by atoms with van der Waals surface area (Å²) < 4.78 is 13.3. The quantitative estimate of drug-likeness (QED) is 0.366. The maximum atomic E-state index is 10.0. The van der Waals surface area contributed by atoms with Crippen molar-refractivity contribution in [3.8, 4) is 28.4 Å². The third-order valence-electron chi connectivity index (χ3n) is 6.33. The molecular weight excluding hydrogens is 458 g/mol. The molecule has 3 aromatic heterocycles. The van der Waals surface area contributed by atoms with Gasteiger partial charge in [0.05, 0.1) is 5.69 Å². The van der Waals surface area contributed by atoms with Gasteiger partial charge in [-0.25, -0.2) is 19.9 Å². The van der Waals surface area contributed by atoms with Gasteiger partial charge >= 0.3 is 0 Å². The van der Waals surface area contributed by atoms with Gasteiger partial charge in [0.25, 0.3) is 0 Å². The van der Waals surface area contributed by atoms with Gasteiger partial charge < -0.3 is 24.8 Å². The largest absolute Gasteiger partial charge is 0.491 e. The van der Waals surface area contributed by atoms with Crippen molar-refractivity contribution in [2.75, 3.05) is 45.4 Å². The molecule has 0 aliphatic carbocycles. The minimum Gasteiger partial charge on any atom is -0.491 e. The average molecular weight is 490 g/mol. The van der Waals surface area contributed by atoms with Gasteiger partial charge in [-0.2, -0.15) is 0 Å². The molecule has 0 spiro atoms. The summed E-state index contributed by atoms with van der Waals surface area (Å²) in [6.07, 6.45) is 8.66. The average Bonchev–Trinajstić information content (AvgIpc) is 3.40. The van der Waals surface area contributed by atoms with Crippen LogP contribution in [0.25, 0.3) is 28.4 Å². The van der Waals surface area contributed by atoms with Crippen LogP contribution in [0.4, 0.5) is 5.82 Å². The van der Waals surface area contributed by atoms with Gasteiger partial charge in [0.2, 0.25) is 5.78 Å². The molecule has 5 rings (SSSR count). The van der Waals surface area contributed by atoms with E-state index in [2.05, 4.69) is 27.2 Å². The smallest absolute Gasteiger partial charge is 0.233 e. The Morgan fingerprint density at radius 3 is 2.89 bits per heavy atom. The number of ether oxygens (including phenoxy) is 2. The number of nitrogens with one attached hydrogen (secondary N) is 1. The molecular formula is C26H31N7O3. The van der Waals surface area contributed by atoms with E-state index in [1.807, 2.05) is 47.1 Å². The standard InChI is InChI=1S/C26H31N7O3/c1-27-15-21(34)17-36-22-5-3-4-18(12-22)25-30-23(19-14-29-26-28-8-9-33(26)16-19)13-24(31-25)32(2)20-6-10-35-11-7-20/h3-5,8-9,12-14,16,20-21,27,34H,6-7,10-11,15,17H2,1-2H3. The number of aliphatic hydroxyl groups excluding tert-OH is 1. The summed E-state index contributed by atoms with van der Waals surface area (Å²) >= 11 is 0. The van der Waals surface area contributed by atoms with Crippen LogP contribution in [-0.4, -0.2) is 82.0 Å². The third kappa shape index (κ3) is 5.46. The summed E-state index contributed by atoms with van der Waals surface area (Å²) in [6, 6.07) is 9.99. The Hall–Kier alpha value is -3.60. The topological polar surface area (TPSA) is 110 Å². The molecule has 4 heterocycles. The Bertz CT molecular complexity index is 1310. The molecule has 4 aromatic rings. The molecule has 1 atom stereocenters. The first-order chi connectivity index (χ1) is 17.6. The molecule has 1 aromatic carbocycles. The highest BCUT2D eigenvalue weighted by molar-refractivity contribution is 5.68. The summed E-state index contributed by atoms with van der Waals surface area (Å²) in [5, 5.41) is 12.9. The number of anilines is 1. The van der Waals surface area contributed by atoms with Crippen molar-refractivity contribution >= 4 is 11.6 Å². The second-order valence-corrected chi connectivity index (χ2v) is 8.92. The highest BCUT2D eigenvalue weighted by Gasteiger charge is 2.21. The Morgan fingerprint density at radius 2 is 2.06 bits per heavy atom. The van der Waals surface area contributed by atoms with E-state index in [4.69, 9.17) is 19.4 Å². The van der Waals surface area contributed by atoms with Crippen LogP contribution < -0.4 is 15.0 Å². The first-order valence-corrected chi connectivity index (χ1v) is 12.2. The maximum absolute atomic E-state index is 10.0. The van der Waals surface area contributed by atoms with Crippen LogP contribution in [0, 0.1) is 0 Å². The van der Waals surface area contributed by atoms with E-state index in [-0.39, 0.29) is 6.61 Å². The second-order valence-electron chi connectivity index (χ2n) is 8.92. The number of likely N-dealkylation sites (N-methyl/N-ethyl adjacent to an activating group) is 1. The molecule has 1 fully saturated rings. The normalized spacial score (nSPS) is 15.2. The number of hydrogen-bond acceptors (Lipinski definition) is 9. The van der Waals surface area contributed by atoms with Crippen LogP contribution in [0.1, 0.15) is 12.8 Å². The molecule has 1 aliphatic rings. The summed E-state index contributed by atoms with van der Waals surface area (Å²) in [7, 11) is 3.87. The number of imidazole rings is 1. The van der Waals surface area contributed by atoms with Crippen molar-refractivity contribution in [3.05, 3.63) is 55.1 Å². The lowest BCUT2D eigenvalue weighted by Gasteiger charge is -2.32. The van der Waals surface area contributed by atoms with E-state index in [9.17, 15) is 5.11 Å². The summed E-state index contributed by atoms with van der Waals surface area (Å²) in [4.78, 5) is 20.8. The van der Waals surface area contributed by atoms with Gasteiger partial charge in [0, 0.05) is 74.8 Å². The Balaban J connectivity index is 1.51. The monoisotopic (exact) mass is 489 g/mol. The number of fused-ring (bicyclic) bond motifs is 1. The van der Waals surface area contributed by atoms with Gasteiger partial charge in [-0.15, -0.1) is 0 Å². The van der Waals surface area contributed by atoms with Crippen LogP contribution in [0.5, 0.6) is 5.75 Å². The predicted molar refractivity (Wildman–Crippen MR) is 137 cm³/mol. The number of rotatable bonds is 9. The van der Waals surface area contributed by atoms with Crippen molar-refractivity contribution in [3.63, 3.8) is 0 Å². The van der Waals surface area contributed by atoms with Crippen molar-refractivity contribution in [1.82, 2.24) is 29.7 Å². The molecule has 188 valence electrons. The van der Waals surface area contributed by atoms with Gasteiger partial charge in [-0.05, 0) is 32.0 Å². The Kier molecular flexibility index (Phi) is 7.36. The van der Waals surface area contributed by atoms with Gasteiger partial charge in [0.1, 0.15) is 24.3 Å². The lowest BCUT2D eigenvalue weighted by Crippen LogP contribution is -2.37. The molecule has 1 unspecified atom stereocenters. The second kappa shape index (κ2) is 11.0. The van der Waals surface area contributed by atoms with E-state index in [1.165, 1.54) is 0 Å². The lowest BCUT2D eigenvalue weighted by atomic mass is 10.1. The summed E-state index contributed by atoms with van der Waals surface area (Å²) in [5.74, 6) is 2.71. The Morgan fingerprint density at radius 1 is 1.19 bits per heavy atom. The molecule has 10 nitrogen and oxygen atoms in total. The molecule has 1 aliphatic heterocycles. The highest BCUT2D eigenvalue weighted by atomic mass is 16.5. The predicted octanol–water partition coefficient (Wildman–Crippen LogP) is 2.43. The van der Waals surface area contributed by atoms with E-state index < -0.39 is 6.10 Å². The third-order valence-corrected chi connectivity index (χ3v) is 6.33. The number of aliphatic hydroxyl groups is 1. The number of hydrogen-bond donors (Lipinski definition) is 2. The number of nitrogens with zero attached hydrogens (tertiary/aromatic N) is 6. The van der Waals surface area contributed by atoms with E-state index >= 15 is 0 Å². The first-order valence-electron chi connectivity index (χ1n) is 12.2. The van der Waals surface area contributed by atoms with E-state index in [1.54, 1.807) is 19.4 Å². The van der Waals surface area contributed by atoms with Gasteiger partial charge in [-0.3, -0.25) is 4.40 Å². The number of benzene rings is 1. The van der Waals surface area contributed by atoms with E-state index in [0.717, 1.165) is 48.7 Å². The fraction of sp³-hybridized carbons (Fsp3) is 0.385. The number of aromatic nitrogens is 5. The van der Waals surface area contributed by atoms with Gasteiger partial charge in [-0.1, -0.05) is 12.1 Å². The van der Waals surface area contributed by atoms with Gasteiger partial charge in [0.15, 0.2) is 5.82 Å². The molecule has 2 N–H and O–H groups in total. The van der Waals surface area contributed by atoms with Crippen molar-refractivity contribution in [2.24, 2.45) is 0 Å². The highest BCUT2D eigenvalue weighted by Crippen LogP contribution is 2.29. The first kappa shape index (κ1) is 24.1. The SMILES string of the molecule is CNCC(O)COc1cccc(-c2nc(-c3cnc4nccn4c3)cc(N(C)C3CCOCC3)n2)c1. The molecule has 0 bridgehead atoms. The van der Waals surface area contributed by atoms with Crippen LogP contribution in [0.15, 0.2) is 55.1 Å². The zero-order valence-corrected chi connectivity index (χ0v) is 20.5. The minimum absolute atomic E-state index is 0.194. The van der Waals surface area contributed by atoms with Crippen LogP contribution in [-0.2, 0) is 4.74 Å². The maximum Gasteiger partial charge on any atom is 0.233 e. The zero-order valence-electron chi connectivity index (χ0n) is 20.5. The zero-order chi connectivity index (χ0) is 24.9. The molecule has 0 saturated carbocycles. The van der Waals surface area contributed by atoms with Crippen molar-refractivity contribution < 1.29 is 14.6 Å². The molecule has 36 heavy (non-hydrogen) atoms. The molecule has 0 amide bonds.